The van der Waals surface area contributed by atoms with Crippen LogP contribution in [0, 0.1) is 28.6 Å². The van der Waals surface area contributed by atoms with Gasteiger partial charge in [-0.15, -0.1) is 0 Å². The molecule has 22 heavy (non-hydrogen) atoms. The minimum Gasteiger partial charge on any atom is -0.393 e. The number of hydrogen-bond donors (Lipinski definition) is 2. The maximum absolute atomic E-state index is 12.4. The molecule has 4 aliphatic rings. The van der Waals surface area contributed by atoms with E-state index in [1.165, 1.54) is 0 Å². The molecule has 0 bridgehead atoms. The first kappa shape index (κ1) is 15.1. The number of carbonyl (C=O) groups excluding carboxylic acids is 1. The van der Waals surface area contributed by atoms with Gasteiger partial charge in [0.25, 0.3) is 0 Å². The summed E-state index contributed by atoms with van der Waals surface area (Å²) >= 11 is 0. The van der Waals surface area contributed by atoms with Crippen molar-refractivity contribution in [3.05, 3.63) is 0 Å². The summed E-state index contributed by atoms with van der Waals surface area (Å²) in [7, 11) is 0. The molecular weight excluding hydrogens is 276 g/mol. The first-order chi connectivity index (χ1) is 10.3. The summed E-state index contributed by atoms with van der Waals surface area (Å²) in [5.74, 6) is 1.54. The van der Waals surface area contributed by atoms with Crippen LogP contribution in [0.5, 0.6) is 0 Å². The number of aliphatic hydroxyl groups is 2. The lowest BCUT2D eigenvalue weighted by Gasteiger charge is -2.64. The van der Waals surface area contributed by atoms with Crippen molar-refractivity contribution in [1.82, 2.24) is 0 Å². The molecule has 4 saturated carbocycles. The molecule has 124 valence electrons. The summed E-state index contributed by atoms with van der Waals surface area (Å²) in [5, 5.41) is 21.8. The fraction of sp³-hybridized carbons (Fsp3) is 0.947. The standard InChI is InChI=1S/C19H30O3/c1-17-9-10-19(22)15(14(17)5-6-16(17)21)4-3-12-11-13(20)7-8-18(12,19)2/h12-15,20,22H,3-11H2,1-2H3/t12-,13?,14?,15?,17+,18+,19-/m1/s1. The molecular formula is C19H30O3. The smallest absolute Gasteiger partial charge is 0.139 e. The van der Waals surface area contributed by atoms with Gasteiger partial charge in [-0.05, 0) is 74.5 Å². The number of rotatable bonds is 0. The molecule has 4 fully saturated rings. The summed E-state index contributed by atoms with van der Waals surface area (Å²) in [6.45, 7) is 4.43. The Morgan fingerprint density at radius 2 is 1.77 bits per heavy atom. The first-order valence-electron chi connectivity index (χ1n) is 9.25. The van der Waals surface area contributed by atoms with Crippen molar-refractivity contribution < 1.29 is 15.0 Å². The highest BCUT2D eigenvalue weighted by molar-refractivity contribution is 5.87. The van der Waals surface area contributed by atoms with Gasteiger partial charge in [-0.1, -0.05) is 13.8 Å². The van der Waals surface area contributed by atoms with Crippen molar-refractivity contribution in [2.45, 2.75) is 83.3 Å². The van der Waals surface area contributed by atoms with Crippen molar-refractivity contribution in [3.63, 3.8) is 0 Å². The van der Waals surface area contributed by atoms with Gasteiger partial charge in [-0.3, -0.25) is 4.79 Å². The highest BCUT2D eigenvalue weighted by atomic mass is 16.3. The molecule has 3 heteroatoms. The molecule has 0 aromatic heterocycles. The van der Waals surface area contributed by atoms with Crippen LogP contribution in [0.15, 0.2) is 0 Å². The van der Waals surface area contributed by atoms with E-state index in [1.807, 2.05) is 0 Å². The molecule has 0 aromatic carbocycles. The van der Waals surface area contributed by atoms with E-state index in [-0.39, 0.29) is 22.9 Å². The van der Waals surface area contributed by atoms with E-state index in [4.69, 9.17) is 0 Å². The van der Waals surface area contributed by atoms with Gasteiger partial charge in [0.1, 0.15) is 5.78 Å². The molecule has 7 atom stereocenters. The molecule has 0 amide bonds. The summed E-state index contributed by atoms with van der Waals surface area (Å²) in [6, 6.07) is 0. The number of aliphatic hydroxyl groups excluding tert-OH is 1. The van der Waals surface area contributed by atoms with Gasteiger partial charge in [-0.2, -0.15) is 0 Å². The molecule has 4 aliphatic carbocycles. The molecule has 4 rings (SSSR count). The first-order valence-corrected chi connectivity index (χ1v) is 9.25. The molecule has 3 unspecified atom stereocenters. The third-order valence-corrected chi connectivity index (χ3v) is 8.53. The monoisotopic (exact) mass is 306 g/mol. The van der Waals surface area contributed by atoms with E-state index in [1.54, 1.807) is 0 Å². The van der Waals surface area contributed by atoms with E-state index in [2.05, 4.69) is 13.8 Å². The zero-order chi connectivity index (χ0) is 15.8. The van der Waals surface area contributed by atoms with Gasteiger partial charge in [-0.25, -0.2) is 0 Å². The van der Waals surface area contributed by atoms with E-state index < -0.39 is 5.60 Å². The van der Waals surface area contributed by atoms with E-state index in [0.717, 1.165) is 51.4 Å². The van der Waals surface area contributed by atoms with E-state index in [9.17, 15) is 15.0 Å². The second-order valence-corrected chi connectivity index (χ2v) is 9.14. The molecule has 0 spiro atoms. The predicted molar refractivity (Wildman–Crippen MR) is 84.2 cm³/mol. The zero-order valence-electron chi connectivity index (χ0n) is 14.0. The van der Waals surface area contributed by atoms with Crippen LogP contribution in [0.25, 0.3) is 0 Å². The quantitative estimate of drug-likeness (QED) is 0.723. The van der Waals surface area contributed by atoms with Gasteiger partial charge in [0.2, 0.25) is 0 Å². The summed E-state index contributed by atoms with van der Waals surface area (Å²) < 4.78 is 0. The number of carbonyl (C=O) groups is 1. The van der Waals surface area contributed by atoms with Crippen LogP contribution >= 0.6 is 0 Å². The second kappa shape index (κ2) is 4.57. The van der Waals surface area contributed by atoms with Crippen molar-refractivity contribution in [2.75, 3.05) is 0 Å². The lowest BCUT2D eigenvalue weighted by atomic mass is 9.43. The average molecular weight is 306 g/mol. The zero-order valence-corrected chi connectivity index (χ0v) is 14.0. The fourth-order valence-electron chi connectivity index (χ4n) is 6.95. The predicted octanol–water partition coefficient (Wildman–Crippen LogP) is 3.07. The van der Waals surface area contributed by atoms with Crippen molar-refractivity contribution in [3.8, 4) is 0 Å². The highest BCUT2D eigenvalue weighted by Crippen LogP contribution is 2.67. The van der Waals surface area contributed by atoms with Crippen LogP contribution in [0.3, 0.4) is 0 Å². The molecule has 0 radical (unpaired) electrons. The topological polar surface area (TPSA) is 57.5 Å². The Bertz CT molecular complexity index is 503. The second-order valence-electron chi connectivity index (χ2n) is 9.14. The van der Waals surface area contributed by atoms with Gasteiger partial charge in [0.05, 0.1) is 11.7 Å². The molecule has 0 aliphatic heterocycles. The van der Waals surface area contributed by atoms with Crippen LogP contribution in [-0.4, -0.2) is 27.7 Å². The Balaban J connectivity index is 1.71. The number of hydrogen-bond acceptors (Lipinski definition) is 3. The van der Waals surface area contributed by atoms with Gasteiger partial charge < -0.3 is 10.2 Å². The summed E-state index contributed by atoms with van der Waals surface area (Å²) in [5.41, 5.74) is -0.860. The van der Waals surface area contributed by atoms with Crippen LogP contribution in [0.2, 0.25) is 0 Å². The van der Waals surface area contributed by atoms with Gasteiger partial charge in [0, 0.05) is 11.8 Å². The Morgan fingerprint density at radius 3 is 2.55 bits per heavy atom. The van der Waals surface area contributed by atoms with Crippen LogP contribution in [-0.2, 0) is 4.79 Å². The van der Waals surface area contributed by atoms with E-state index >= 15 is 0 Å². The Kier molecular flexibility index (Phi) is 3.14. The van der Waals surface area contributed by atoms with E-state index in [0.29, 0.717) is 24.0 Å². The third-order valence-electron chi connectivity index (χ3n) is 8.53. The Hall–Kier alpha value is -0.410. The van der Waals surface area contributed by atoms with Crippen LogP contribution in [0.4, 0.5) is 0 Å². The number of ketones is 1. The Labute approximate surface area is 133 Å². The fourth-order valence-corrected chi connectivity index (χ4v) is 6.95. The molecule has 0 aromatic rings. The van der Waals surface area contributed by atoms with Crippen LogP contribution < -0.4 is 0 Å². The molecule has 2 N–H and O–H groups in total. The normalized spacial score (nSPS) is 57.9. The molecule has 0 saturated heterocycles. The van der Waals surface area contributed by atoms with Crippen molar-refractivity contribution >= 4 is 5.78 Å². The van der Waals surface area contributed by atoms with Gasteiger partial charge in [0.15, 0.2) is 0 Å². The number of fused-ring (bicyclic) bond motifs is 5. The average Bonchev–Trinajstić information content (AvgIpc) is 2.77. The minimum atomic E-state index is -0.620. The maximum atomic E-state index is 12.4. The minimum absolute atomic E-state index is 0.0673. The third kappa shape index (κ3) is 1.67. The summed E-state index contributed by atoms with van der Waals surface area (Å²) in [6.07, 6.45) is 7.91. The summed E-state index contributed by atoms with van der Waals surface area (Å²) in [4.78, 5) is 12.4. The maximum Gasteiger partial charge on any atom is 0.139 e. The lowest BCUT2D eigenvalue weighted by Crippen LogP contribution is -2.65. The van der Waals surface area contributed by atoms with Crippen LogP contribution in [0.1, 0.15) is 71.6 Å². The van der Waals surface area contributed by atoms with Crippen molar-refractivity contribution in [2.24, 2.45) is 28.6 Å². The Morgan fingerprint density at radius 1 is 1.00 bits per heavy atom. The lowest BCUT2D eigenvalue weighted by molar-refractivity contribution is -0.236. The van der Waals surface area contributed by atoms with Gasteiger partial charge >= 0.3 is 0 Å². The highest BCUT2D eigenvalue weighted by Gasteiger charge is 2.66. The SMILES string of the molecule is C[C@]12CCC(O)C[C@H]1CCC1C3CCC(=O)[C@@]3(C)CC[C@@]12O. The number of Topliss-reactive ketones (excluding diaryl/α,β-unsaturated/α-hetero) is 1. The largest absolute Gasteiger partial charge is 0.393 e. The molecule has 0 heterocycles. The van der Waals surface area contributed by atoms with Crippen molar-refractivity contribution in [1.29, 1.82) is 0 Å². The molecule has 3 nitrogen and oxygen atoms in total.